The van der Waals surface area contributed by atoms with Gasteiger partial charge in [-0.1, -0.05) is 25.5 Å². The minimum absolute atomic E-state index is 0.0916. The number of hydrogen-bond acceptors (Lipinski definition) is 1. The number of benzene rings is 1. The highest BCUT2D eigenvalue weighted by molar-refractivity contribution is 5.58. The Hall–Kier alpha value is -1.05. The molecule has 3 atom stereocenters. The largest absolute Gasteiger partial charge is 0.382 e. The van der Waals surface area contributed by atoms with Gasteiger partial charge in [0.1, 0.15) is 5.82 Å². The molecule has 1 aromatic carbocycles. The normalized spacial score (nSPS) is 32.5. The molecule has 0 radical (unpaired) electrons. The number of fused-ring (bicyclic) bond motifs is 1. The lowest BCUT2D eigenvalue weighted by Gasteiger charge is -2.18. The summed E-state index contributed by atoms with van der Waals surface area (Å²) in [6.45, 7) is 3.25. The van der Waals surface area contributed by atoms with Crippen molar-refractivity contribution >= 4 is 5.69 Å². The summed E-state index contributed by atoms with van der Waals surface area (Å²) < 4.78 is 13.6. The van der Waals surface area contributed by atoms with Crippen LogP contribution in [-0.2, 0) is 0 Å². The molecule has 0 bridgehead atoms. The van der Waals surface area contributed by atoms with Crippen molar-refractivity contribution in [2.24, 2.45) is 11.8 Å². The summed E-state index contributed by atoms with van der Waals surface area (Å²) in [6, 6.07) is 5.48. The zero-order chi connectivity index (χ0) is 11.1. The van der Waals surface area contributed by atoms with Gasteiger partial charge in [0.2, 0.25) is 0 Å². The molecule has 2 aliphatic rings. The van der Waals surface area contributed by atoms with E-state index in [9.17, 15) is 4.39 Å². The molecule has 0 amide bonds. The van der Waals surface area contributed by atoms with E-state index in [1.165, 1.54) is 24.8 Å². The van der Waals surface area contributed by atoms with Crippen LogP contribution in [0.15, 0.2) is 18.2 Å². The lowest BCUT2D eigenvalue weighted by Crippen LogP contribution is -2.12. The van der Waals surface area contributed by atoms with Gasteiger partial charge >= 0.3 is 0 Å². The Morgan fingerprint density at radius 2 is 2.19 bits per heavy atom. The quantitative estimate of drug-likeness (QED) is 0.758. The first-order chi connectivity index (χ1) is 7.75. The zero-order valence-corrected chi connectivity index (χ0v) is 9.67. The van der Waals surface area contributed by atoms with Crippen LogP contribution in [-0.4, -0.2) is 6.54 Å². The van der Waals surface area contributed by atoms with E-state index in [2.05, 4.69) is 18.3 Å². The van der Waals surface area contributed by atoms with Crippen molar-refractivity contribution in [3.8, 4) is 0 Å². The SMILES string of the molecule is CC1CCC(C2CNc3c(F)cccc32)C1. The Balaban J connectivity index is 1.89. The van der Waals surface area contributed by atoms with E-state index in [1.807, 2.05) is 6.07 Å². The summed E-state index contributed by atoms with van der Waals surface area (Å²) in [5.74, 6) is 2.05. The Morgan fingerprint density at radius 1 is 1.31 bits per heavy atom. The van der Waals surface area contributed by atoms with Crippen molar-refractivity contribution in [1.82, 2.24) is 0 Å². The lowest BCUT2D eigenvalue weighted by molar-refractivity contribution is 0.442. The molecule has 1 aliphatic carbocycles. The molecule has 3 unspecified atom stereocenters. The molecule has 1 saturated carbocycles. The maximum absolute atomic E-state index is 13.6. The third kappa shape index (κ3) is 1.51. The van der Waals surface area contributed by atoms with Gasteiger partial charge in [-0.15, -0.1) is 0 Å². The van der Waals surface area contributed by atoms with E-state index in [1.54, 1.807) is 6.07 Å². The first-order valence-electron chi connectivity index (χ1n) is 6.28. The van der Waals surface area contributed by atoms with Crippen LogP contribution in [0.1, 0.15) is 37.7 Å². The molecule has 0 saturated heterocycles. The second kappa shape index (κ2) is 3.76. The Labute approximate surface area is 96.1 Å². The van der Waals surface area contributed by atoms with Crippen LogP contribution < -0.4 is 5.32 Å². The summed E-state index contributed by atoms with van der Waals surface area (Å²) >= 11 is 0. The Morgan fingerprint density at radius 3 is 2.94 bits per heavy atom. The standard InChI is InChI=1S/C14H18FN/c1-9-5-6-10(7-9)12-8-16-14-11(12)3-2-4-13(14)15/h2-4,9-10,12,16H,5-8H2,1H3. The minimum atomic E-state index is -0.0916. The van der Waals surface area contributed by atoms with Gasteiger partial charge in [0, 0.05) is 12.5 Å². The van der Waals surface area contributed by atoms with E-state index in [0.29, 0.717) is 5.92 Å². The number of para-hydroxylation sites is 1. The average Bonchev–Trinajstić information content (AvgIpc) is 2.84. The first kappa shape index (κ1) is 10.1. The number of rotatable bonds is 1. The Bertz CT molecular complexity index is 402. The topological polar surface area (TPSA) is 12.0 Å². The van der Waals surface area contributed by atoms with Gasteiger partial charge in [-0.3, -0.25) is 0 Å². The van der Waals surface area contributed by atoms with E-state index in [-0.39, 0.29) is 5.82 Å². The molecule has 1 fully saturated rings. The maximum atomic E-state index is 13.6. The van der Waals surface area contributed by atoms with Crippen LogP contribution in [0, 0.1) is 17.7 Å². The second-order valence-corrected chi connectivity index (χ2v) is 5.37. The molecule has 1 N–H and O–H groups in total. The van der Waals surface area contributed by atoms with Crippen molar-refractivity contribution in [2.75, 3.05) is 11.9 Å². The predicted molar refractivity (Wildman–Crippen MR) is 64.1 cm³/mol. The highest BCUT2D eigenvalue weighted by atomic mass is 19.1. The van der Waals surface area contributed by atoms with Crippen LogP contribution >= 0.6 is 0 Å². The van der Waals surface area contributed by atoms with Gasteiger partial charge in [-0.2, -0.15) is 0 Å². The molecule has 1 nitrogen and oxygen atoms in total. The fourth-order valence-electron chi connectivity index (χ4n) is 3.40. The summed E-state index contributed by atoms with van der Waals surface area (Å²) in [5, 5.41) is 3.24. The number of nitrogens with one attached hydrogen (secondary N) is 1. The molecule has 16 heavy (non-hydrogen) atoms. The van der Waals surface area contributed by atoms with Crippen molar-refractivity contribution < 1.29 is 4.39 Å². The Kier molecular flexibility index (Phi) is 2.38. The molecule has 1 aromatic rings. The summed E-state index contributed by atoms with van der Waals surface area (Å²) in [7, 11) is 0. The summed E-state index contributed by atoms with van der Waals surface area (Å²) in [5.41, 5.74) is 1.96. The van der Waals surface area contributed by atoms with E-state index in [4.69, 9.17) is 0 Å². The predicted octanol–water partition coefficient (Wildman–Crippen LogP) is 3.77. The smallest absolute Gasteiger partial charge is 0.146 e. The molecular weight excluding hydrogens is 201 g/mol. The molecular formula is C14H18FN. The minimum Gasteiger partial charge on any atom is -0.382 e. The van der Waals surface area contributed by atoms with Gasteiger partial charge in [0.25, 0.3) is 0 Å². The van der Waals surface area contributed by atoms with Gasteiger partial charge in [-0.25, -0.2) is 4.39 Å². The first-order valence-corrected chi connectivity index (χ1v) is 6.28. The van der Waals surface area contributed by atoms with Gasteiger partial charge in [0.15, 0.2) is 0 Å². The van der Waals surface area contributed by atoms with E-state index >= 15 is 0 Å². The average molecular weight is 219 g/mol. The summed E-state index contributed by atoms with van der Waals surface area (Å²) in [6.07, 6.45) is 3.96. The monoisotopic (exact) mass is 219 g/mol. The van der Waals surface area contributed by atoms with Crippen LogP contribution in [0.3, 0.4) is 0 Å². The third-order valence-electron chi connectivity index (χ3n) is 4.25. The van der Waals surface area contributed by atoms with Gasteiger partial charge < -0.3 is 5.32 Å². The molecule has 2 heteroatoms. The number of anilines is 1. The van der Waals surface area contributed by atoms with Crippen LogP contribution in [0.5, 0.6) is 0 Å². The van der Waals surface area contributed by atoms with E-state index < -0.39 is 0 Å². The van der Waals surface area contributed by atoms with E-state index in [0.717, 1.165) is 24.1 Å². The lowest BCUT2D eigenvalue weighted by atomic mass is 9.86. The number of hydrogen-bond donors (Lipinski definition) is 1. The zero-order valence-electron chi connectivity index (χ0n) is 9.67. The summed E-state index contributed by atoms with van der Waals surface area (Å²) in [4.78, 5) is 0. The fourth-order valence-corrected chi connectivity index (χ4v) is 3.40. The van der Waals surface area contributed by atoms with Crippen LogP contribution in [0.2, 0.25) is 0 Å². The van der Waals surface area contributed by atoms with Crippen molar-refractivity contribution in [3.05, 3.63) is 29.6 Å². The van der Waals surface area contributed by atoms with Crippen molar-refractivity contribution in [2.45, 2.75) is 32.1 Å². The maximum Gasteiger partial charge on any atom is 0.146 e. The molecule has 86 valence electrons. The molecule has 1 heterocycles. The molecule has 0 aromatic heterocycles. The highest BCUT2D eigenvalue weighted by Gasteiger charge is 2.34. The van der Waals surface area contributed by atoms with Crippen molar-refractivity contribution in [1.29, 1.82) is 0 Å². The number of halogens is 1. The molecule has 3 rings (SSSR count). The van der Waals surface area contributed by atoms with Gasteiger partial charge in [-0.05, 0) is 36.3 Å². The molecule has 0 spiro atoms. The second-order valence-electron chi connectivity index (χ2n) is 5.37. The highest BCUT2D eigenvalue weighted by Crippen LogP contribution is 2.45. The molecule has 1 aliphatic heterocycles. The van der Waals surface area contributed by atoms with Crippen molar-refractivity contribution in [3.63, 3.8) is 0 Å². The fraction of sp³-hybridized carbons (Fsp3) is 0.571. The van der Waals surface area contributed by atoms with Crippen LogP contribution in [0.4, 0.5) is 10.1 Å². The van der Waals surface area contributed by atoms with Crippen LogP contribution in [0.25, 0.3) is 0 Å². The van der Waals surface area contributed by atoms with Gasteiger partial charge in [0.05, 0.1) is 5.69 Å². The third-order valence-corrected chi connectivity index (χ3v) is 4.25.